The Morgan fingerprint density at radius 1 is 0.862 bits per heavy atom. The molecule has 158 valence electrons. The Balaban J connectivity index is 1.31. The predicted molar refractivity (Wildman–Crippen MR) is 113 cm³/mol. The molecule has 5 nitrogen and oxygen atoms in total. The summed E-state index contributed by atoms with van der Waals surface area (Å²) in [7, 11) is 0. The van der Waals surface area contributed by atoms with Crippen molar-refractivity contribution in [1.82, 2.24) is 9.80 Å². The highest BCUT2D eigenvalue weighted by Gasteiger charge is 2.28. The molecule has 4 rings (SSSR count). The average Bonchev–Trinajstić information content (AvgIpc) is 3.46. The Hall–Kier alpha value is -2.04. The molecule has 1 saturated carbocycles. The SMILES string of the molecule is O=C(CC1CCCC1)N1CCCC(COc2ccccc2C(=O)N2CCCC2)C1. The maximum absolute atomic E-state index is 12.8. The lowest BCUT2D eigenvalue weighted by Gasteiger charge is -2.33. The van der Waals surface area contributed by atoms with E-state index in [9.17, 15) is 9.59 Å². The van der Waals surface area contributed by atoms with Gasteiger partial charge >= 0.3 is 0 Å². The number of piperidine rings is 1. The van der Waals surface area contributed by atoms with E-state index in [0.29, 0.717) is 35.7 Å². The van der Waals surface area contributed by atoms with Crippen LogP contribution in [-0.4, -0.2) is 54.4 Å². The van der Waals surface area contributed by atoms with Crippen LogP contribution in [-0.2, 0) is 4.79 Å². The summed E-state index contributed by atoms with van der Waals surface area (Å²) in [6.07, 6.45) is 10.0. The van der Waals surface area contributed by atoms with Crippen LogP contribution in [0.3, 0.4) is 0 Å². The van der Waals surface area contributed by atoms with Crippen molar-refractivity contribution in [2.24, 2.45) is 11.8 Å². The molecule has 0 N–H and O–H groups in total. The van der Waals surface area contributed by atoms with Crippen molar-refractivity contribution < 1.29 is 14.3 Å². The number of ether oxygens (including phenoxy) is 1. The van der Waals surface area contributed by atoms with E-state index < -0.39 is 0 Å². The number of para-hydroxylation sites is 1. The van der Waals surface area contributed by atoms with Crippen molar-refractivity contribution >= 4 is 11.8 Å². The molecule has 1 aromatic carbocycles. The molecule has 2 heterocycles. The van der Waals surface area contributed by atoms with Gasteiger partial charge in [-0.1, -0.05) is 25.0 Å². The van der Waals surface area contributed by atoms with Gasteiger partial charge in [0.25, 0.3) is 5.91 Å². The van der Waals surface area contributed by atoms with Crippen LogP contribution in [0.15, 0.2) is 24.3 Å². The Morgan fingerprint density at radius 3 is 2.34 bits per heavy atom. The second-order valence-electron chi connectivity index (χ2n) is 9.01. The maximum Gasteiger partial charge on any atom is 0.257 e. The minimum Gasteiger partial charge on any atom is -0.492 e. The molecule has 3 aliphatic rings. The van der Waals surface area contributed by atoms with Crippen molar-refractivity contribution in [2.45, 2.75) is 57.8 Å². The zero-order valence-corrected chi connectivity index (χ0v) is 17.5. The topological polar surface area (TPSA) is 49.9 Å². The number of amides is 2. The highest BCUT2D eigenvalue weighted by atomic mass is 16.5. The van der Waals surface area contributed by atoms with Crippen LogP contribution in [0, 0.1) is 11.8 Å². The van der Waals surface area contributed by atoms with Gasteiger partial charge in [0.05, 0.1) is 12.2 Å². The second-order valence-corrected chi connectivity index (χ2v) is 9.01. The predicted octanol–water partition coefficient (Wildman–Crippen LogP) is 4.12. The summed E-state index contributed by atoms with van der Waals surface area (Å²) in [4.78, 5) is 29.5. The van der Waals surface area contributed by atoms with E-state index in [1.54, 1.807) is 0 Å². The summed E-state index contributed by atoms with van der Waals surface area (Å²) in [5.41, 5.74) is 0.666. The molecular formula is C24H34N2O3. The number of nitrogens with zero attached hydrogens (tertiary/aromatic N) is 2. The standard InChI is InChI=1S/C24H34N2O3/c27-23(16-19-8-1-2-9-19)26-15-7-10-20(17-26)18-29-22-12-4-3-11-21(22)24(28)25-13-5-6-14-25/h3-4,11-12,19-20H,1-2,5-10,13-18H2. The average molecular weight is 399 g/mol. The van der Waals surface area contributed by atoms with E-state index >= 15 is 0 Å². The Labute approximate surface area is 174 Å². The monoisotopic (exact) mass is 398 g/mol. The molecule has 1 aliphatic carbocycles. The lowest BCUT2D eigenvalue weighted by atomic mass is 9.97. The summed E-state index contributed by atoms with van der Waals surface area (Å²) in [6.45, 7) is 3.92. The Kier molecular flexibility index (Phi) is 6.73. The Morgan fingerprint density at radius 2 is 1.55 bits per heavy atom. The first-order valence-corrected chi connectivity index (χ1v) is 11.5. The number of benzene rings is 1. The van der Waals surface area contributed by atoms with Gasteiger partial charge in [-0.05, 0) is 56.6 Å². The van der Waals surface area contributed by atoms with Gasteiger partial charge in [-0.25, -0.2) is 0 Å². The van der Waals surface area contributed by atoms with E-state index in [0.717, 1.165) is 58.3 Å². The molecular weight excluding hydrogens is 364 g/mol. The van der Waals surface area contributed by atoms with Gasteiger partial charge in [0.15, 0.2) is 0 Å². The van der Waals surface area contributed by atoms with Gasteiger partial charge in [0, 0.05) is 38.5 Å². The summed E-state index contributed by atoms with van der Waals surface area (Å²) < 4.78 is 6.13. The van der Waals surface area contributed by atoms with Crippen LogP contribution < -0.4 is 4.74 Å². The molecule has 0 spiro atoms. The molecule has 0 radical (unpaired) electrons. The zero-order chi connectivity index (χ0) is 20.1. The first kappa shape index (κ1) is 20.2. The van der Waals surface area contributed by atoms with E-state index in [1.165, 1.54) is 25.7 Å². The molecule has 1 atom stereocenters. The quantitative estimate of drug-likeness (QED) is 0.724. The van der Waals surface area contributed by atoms with Gasteiger partial charge in [-0.15, -0.1) is 0 Å². The number of carbonyl (C=O) groups excluding carboxylic acids is 2. The lowest BCUT2D eigenvalue weighted by Crippen LogP contribution is -2.42. The maximum atomic E-state index is 12.8. The van der Waals surface area contributed by atoms with Gasteiger partial charge in [0.1, 0.15) is 5.75 Å². The van der Waals surface area contributed by atoms with Crippen LogP contribution >= 0.6 is 0 Å². The third kappa shape index (κ3) is 5.12. The van der Waals surface area contributed by atoms with Crippen LogP contribution in [0.2, 0.25) is 0 Å². The minimum absolute atomic E-state index is 0.0788. The lowest BCUT2D eigenvalue weighted by molar-refractivity contribution is -0.134. The number of likely N-dealkylation sites (tertiary alicyclic amines) is 2. The van der Waals surface area contributed by atoms with Gasteiger partial charge < -0.3 is 14.5 Å². The summed E-state index contributed by atoms with van der Waals surface area (Å²) in [5, 5.41) is 0. The van der Waals surface area contributed by atoms with Gasteiger partial charge in [-0.2, -0.15) is 0 Å². The molecule has 2 amide bonds. The third-order valence-electron chi connectivity index (χ3n) is 6.80. The molecule has 1 aromatic rings. The molecule has 5 heteroatoms. The molecule has 0 bridgehead atoms. The highest BCUT2D eigenvalue weighted by Crippen LogP contribution is 2.29. The molecule has 2 saturated heterocycles. The molecule has 29 heavy (non-hydrogen) atoms. The smallest absolute Gasteiger partial charge is 0.257 e. The van der Waals surface area contributed by atoms with Crippen LogP contribution in [0.25, 0.3) is 0 Å². The molecule has 0 aromatic heterocycles. The molecule has 3 fully saturated rings. The van der Waals surface area contributed by atoms with Crippen LogP contribution in [0.4, 0.5) is 0 Å². The third-order valence-corrected chi connectivity index (χ3v) is 6.80. The Bertz CT molecular complexity index is 708. The summed E-state index contributed by atoms with van der Waals surface area (Å²) in [6, 6.07) is 7.60. The van der Waals surface area contributed by atoms with E-state index in [-0.39, 0.29) is 5.91 Å². The molecule has 2 aliphatic heterocycles. The number of carbonyl (C=O) groups is 2. The fourth-order valence-electron chi connectivity index (χ4n) is 5.09. The zero-order valence-electron chi connectivity index (χ0n) is 17.5. The fraction of sp³-hybridized carbons (Fsp3) is 0.667. The fourth-order valence-corrected chi connectivity index (χ4v) is 5.09. The van der Waals surface area contributed by atoms with Gasteiger partial charge in [-0.3, -0.25) is 9.59 Å². The largest absolute Gasteiger partial charge is 0.492 e. The minimum atomic E-state index is 0.0788. The van der Waals surface area contributed by atoms with E-state index in [4.69, 9.17) is 4.74 Å². The highest BCUT2D eigenvalue weighted by molar-refractivity contribution is 5.97. The first-order chi connectivity index (χ1) is 14.2. The normalized spacial score (nSPS) is 22.8. The summed E-state index contributed by atoms with van der Waals surface area (Å²) in [5.74, 6) is 2.02. The number of hydrogen-bond acceptors (Lipinski definition) is 3. The van der Waals surface area contributed by atoms with Crippen LogP contribution in [0.1, 0.15) is 68.1 Å². The van der Waals surface area contributed by atoms with E-state index in [1.807, 2.05) is 29.2 Å². The van der Waals surface area contributed by atoms with Crippen molar-refractivity contribution in [2.75, 3.05) is 32.8 Å². The van der Waals surface area contributed by atoms with Crippen molar-refractivity contribution in [3.05, 3.63) is 29.8 Å². The first-order valence-electron chi connectivity index (χ1n) is 11.5. The van der Waals surface area contributed by atoms with E-state index in [2.05, 4.69) is 4.90 Å². The van der Waals surface area contributed by atoms with Crippen LogP contribution in [0.5, 0.6) is 5.75 Å². The van der Waals surface area contributed by atoms with Crippen molar-refractivity contribution in [1.29, 1.82) is 0 Å². The second kappa shape index (κ2) is 9.64. The van der Waals surface area contributed by atoms with Gasteiger partial charge in [0.2, 0.25) is 5.91 Å². The van der Waals surface area contributed by atoms with Crippen molar-refractivity contribution in [3.63, 3.8) is 0 Å². The summed E-state index contributed by atoms with van der Waals surface area (Å²) >= 11 is 0. The molecule has 1 unspecified atom stereocenters. The van der Waals surface area contributed by atoms with Crippen molar-refractivity contribution in [3.8, 4) is 5.75 Å². The number of rotatable bonds is 6. The number of hydrogen-bond donors (Lipinski definition) is 0.